The molecule has 1 saturated heterocycles. The lowest BCUT2D eigenvalue weighted by Gasteiger charge is -2.33. The number of amides is 1. The average Bonchev–Trinajstić information content (AvgIpc) is 3.21. The SMILES string of the molecule is N#CCC(=O)N1CCCC(n2ccc3cnc4c(c32)C=CC4)C1. The molecule has 4 rings (SSSR count). The fraction of sp³-hybridized carbons (Fsp3) is 0.389. The summed E-state index contributed by atoms with van der Waals surface area (Å²) in [5.74, 6) is -0.0551. The number of piperidine rings is 1. The fourth-order valence-corrected chi connectivity index (χ4v) is 3.73. The van der Waals surface area contributed by atoms with E-state index in [4.69, 9.17) is 5.26 Å². The number of carbonyl (C=O) groups is 1. The second kappa shape index (κ2) is 5.54. The monoisotopic (exact) mass is 306 g/mol. The molecule has 0 radical (unpaired) electrons. The van der Waals surface area contributed by atoms with Gasteiger partial charge in [0.25, 0.3) is 0 Å². The van der Waals surface area contributed by atoms with E-state index in [0.717, 1.165) is 36.9 Å². The van der Waals surface area contributed by atoms with Crippen LogP contribution in [0.4, 0.5) is 0 Å². The minimum Gasteiger partial charge on any atom is -0.342 e. The molecule has 1 amide bonds. The van der Waals surface area contributed by atoms with Crippen LogP contribution < -0.4 is 0 Å². The van der Waals surface area contributed by atoms with Gasteiger partial charge in [0.15, 0.2) is 0 Å². The van der Waals surface area contributed by atoms with Crippen LogP contribution in [0.5, 0.6) is 0 Å². The second-order valence-corrected chi connectivity index (χ2v) is 6.22. The van der Waals surface area contributed by atoms with E-state index in [9.17, 15) is 4.79 Å². The van der Waals surface area contributed by atoms with Crippen LogP contribution in [0.3, 0.4) is 0 Å². The zero-order valence-electron chi connectivity index (χ0n) is 12.9. The summed E-state index contributed by atoms with van der Waals surface area (Å²) in [5, 5.41) is 9.90. The molecule has 1 fully saturated rings. The number of fused-ring (bicyclic) bond motifs is 3. The first-order chi connectivity index (χ1) is 11.3. The molecule has 2 aromatic rings. The summed E-state index contributed by atoms with van der Waals surface area (Å²) in [5.41, 5.74) is 3.57. The average molecular weight is 306 g/mol. The zero-order chi connectivity index (χ0) is 15.8. The Labute approximate surface area is 134 Å². The fourth-order valence-electron chi connectivity index (χ4n) is 3.73. The van der Waals surface area contributed by atoms with Crippen LogP contribution in [0.1, 0.15) is 36.6 Å². The first-order valence-corrected chi connectivity index (χ1v) is 8.07. The lowest BCUT2D eigenvalue weighted by Crippen LogP contribution is -2.40. The van der Waals surface area contributed by atoms with E-state index < -0.39 is 0 Å². The molecule has 23 heavy (non-hydrogen) atoms. The van der Waals surface area contributed by atoms with E-state index in [2.05, 4.69) is 34.0 Å². The number of pyridine rings is 1. The maximum Gasteiger partial charge on any atom is 0.236 e. The Kier molecular flexibility index (Phi) is 3.38. The summed E-state index contributed by atoms with van der Waals surface area (Å²) in [7, 11) is 0. The number of nitrogens with zero attached hydrogens (tertiary/aromatic N) is 4. The van der Waals surface area contributed by atoms with Crippen molar-refractivity contribution in [2.24, 2.45) is 0 Å². The molecule has 0 bridgehead atoms. The molecule has 0 spiro atoms. The van der Waals surface area contributed by atoms with Crippen LogP contribution in [0.15, 0.2) is 24.5 Å². The maximum atomic E-state index is 12.0. The van der Waals surface area contributed by atoms with Crippen LogP contribution in [0.25, 0.3) is 17.0 Å². The minimum absolute atomic E-state index is 0.0266. The highest BCUT2D eigenvalue weighted by atomic mass is 16.2. The predicted molar refractivity (Wildman–Crippen MR) is 87.6 cm³/mol. The molecule has 0 aromatic carbocycles. The number of rotatable bonds is 2. The quantitative estimate of drug-likeness (QED) is 0.857. The van der Waals surface area contributed by atoms with E-state index >= 15 is 0 Å². The third-order valence-corrected chi connectivity index (χ3v) is 4.84. The number of aromatic nitrogens is 2. The van der Waals surface area contributed by atoms with Gasteiger partial charge < -0.3 is 9.47 Å². The number of hydrogen-bond acceptors (Lipinski definition) is 3. The van der Waals surface area contributed by atoms with Crippen molar-refractivity contribution < 1.29 is 4.79 Å². The number of nitriles is 1. The molecule has 0 N–H and O–H groups in total. The summed E-state index contributed by atoms with van der Waals surface area (Å²) in [6.07, 6.45) is 11.3. The molecule has 2 aromatic heterocycles. The Bertz CT molecular complexity index is 843. The van der Waals surface area contributed by atoms with E-state index in [1.165, 1.54) is 11.1 Å². The van der Waals surface area contributed by atoms with Crippen molar-refractivity contribution in [1.82, 2.24) is 14.5 Å². The third kappa shape index (κ3) is 2.31. The molecule has 1 atom stereocenters. The topological polar surface area (TPSA) is 61.9 Å². The Morgan fingerprint density at radius 2 is 2.39 bits per heavy atom. The first kappa shape index (κ1) is 14.0. The van der Waals surface area contributed by atoms with Crippen LogP contribution >= 0.6 is 0 Å². The number of hydrogen-bond donors (Lipinski definition) is 0. The van der Waals surface area contributed by atoms with Crippen LogP contribution in [-0.4, -0.2) is 33.4 Å². The normalized spacial score (nSPS) is 19.8. The van der Waals surface area contributed by atoms with Gasteiger partial charge >= 0.3 is 0 Å². The van der Waals surface area contributed by atoms with Crippen molar-refractivity contribution in [2.75, 3.05) is 13.1 Å². The lowest BCUT2D eigenvalue weighted by atomic mass is 10.0. The third-order valence-electron chi connectivity index (χ3n) is 4.84. The molecule has 2 aliphatic rings. The number of likely N-dealkylation sites (tertiary alicyclic amines) is 1. The summed E-state index contributed by atoms with van der Waals surface area (Å²) >= 11 is 0. The minimum atomic E-state index is -0.0551. The molecule has 1 aliphatic heterocycles. The Hall–Kier alpha value is -2.61. The predicted octanol–water partition coefficient (Wildman–Crippen LogP) is 2.68. The number of allylic oxidation sites excluding steroid dienone is 1. The van der Waals surface area contributed by atoms with E-state index in [-0.39, 0.29) is 18.4 Å². The Balaban J connectivity index is 1.69. The number of carbonyl (C=O) groups excluding carboxylic acids is 1. The van der Waals surface area contributed by atoms with Crippen molar-refractivity contribution in [3.8, 4) is 6.07 Å². The molecular weight excluding hydrogens is 288 g/mol. The highest BCUT2D eigenvalue weighted by Gasteiger charge is 2.26. The molecule has 116 valence electrons. The molecule has 1 unspecified atom stereocenters. The zero-order valence-corrected chi connectivity index (χ0v) is 12.9. The van der Waals surface area contributed by atoms with E-state index in [1.54, 1.807) is 0 Å². The highest BCUT2D eigenvalue weighted by molar-refractivity contribution is 5.90. The van der Waals surface area contributed by atoms with Crippen LogP contribution in [-0.2, 0) is 11.2 Å². The molecule has 1 aliphatic carbocycles. The van der Waals surface area contributed by atoms with Crippen molar-refractivity contribution in [1.29, 1.82) is 5.26 Å². The van der Waals surface area contributed by atoms with Crippen LogP contribution in [0, 0.1) is 11.3 Å². The summed E-state index contributed by atoms with van der Waals surface area (Å²) in [6, 6.07) is 4.33. The van der Waals surface area contributed by atoms with Crippen molar-refractivity contribution in [2.45, 2.75) is 31.7 Å². The molecular formula is C18H18N4O. The highest BCUT2D eigenvalue weighted by Crippen LogP contribution is 2.32. The summed E-state index contributed by atoms with van der Waals surface area (Å²) in [6.45, 7) is 1.45. The largest absolute Gasteiger partial charge is 0.342 e. The lowest BCUT2D eigenvalue weighted by molar-refractivity contribution is -0.131. The van der Waals surface area contributed by atoms with Crippen molar-refractivity contribution in [3.05, 3.63) is 35.8 Å². The van der Waals surface area contributed by atoms with Gasteiger partial charge in [-0.15, -0.1) is 0 Å². The van der Waals surface area contributed by atoms with Gasteiger partial charge in [0.1, 0.15) is 6.42 Å². The first-order valence-electron chi connectivity index (χ1n) is 8.07. The smallest absolute Gasteiger partial charge is 0.236 e. The van der Waals surface area contributed by atoms with Gasteiger partial charge in [-0.2, -0.15) is 5.26 Å². The maximum absolute atomic E-state index is 12.0. The summed E-state index contributed by atoms with van der Waals surface area (Å²) in [4.78, 5) is 18.4. The van der Waals surface area contributed by atoms with Gasteiger partial charge in [-0.1, -0.05) is 12.2 Å². The van der Waals surface area contributed by atoms with Gasteiger partial charge in [0.2, 0.25) is 5.91 Å². The van der Waals surface area contributed by atoms with E-state index in [1.807, 2.05) is 17.2 Å². The molecule has 3 heterocycles. The molecule has 5 nitrogen and oxygen atoms in total. The van der Waals surface area contributed by atoms with Gasteiger partial charge in [0.05, 0.1) is 23.3 Å². The van der Waals surface area contributed by atoms with Gasteiger partial charge in [-0.05, 0) is 18.9 Å². The Morgan fingerprint density at radius 1 is 1.48 bits per heavy atom. The van der Waals surface area contributed by atoms with Crippen LogP contribution in [0.2, 0.25) is 0 Å². The molecule has 5 heteroatoms. The summed E-state index contributed by atoms with van der Waals surface area (Å²) < 4.78 is 2.30. The van der Waals surface area contributed by atoms with Crippen molar-refractivity contribution >= 4 is 22.9 Å². The van der Waals surface area contributed by atoms with E-state index in [0.29, 0.717) is 6.54 Å². The Morgan fingerprint density at radius 3 is 3.26 bits per heavy atom. The van der Waals surface area contributed by atoms with Gasteiger partial charge in [0, 0.05) is 42.9 Å². The van der Waals surface area contributed by atoms with Gasteiger partial charge in [-0.25, -0.2) is 0 Å². The molecule has 0 saturated carbocycles. The van der Waals surface area contributed by atoms with Gasteiger partial charge in [-0.3, -0.25) is 9.78 Å². The standard InChI is InChI=1S/C18H18N4O/c19-8-6-17(23)21-9-2-3-14(12-21)22-10-7-13-11-20-16-5-1-4-15(16)18(13)22/h1,4,7,10-11,14H,2-3,5-6,9,12H2. The second-order valence-electron chi connectivity index (χ2n) is 6.22. The van der Waals surface area contributed by atoms with Crippen molar-refractivity contribution in [3.63, 3.8) is 0 Å².